The van der Waals surface area contributed by atoms with Crippen LogP contribution in [0, 0.1) is 5.92 Å². The van der Waals surface area contributed by atoms with Crippen molar-refractivity contribution in [2.75, 3.05) is 17.3 Å². The van der Waals surface area contributed by atoms with Crippen LogP contribution in [0.3, 0.4) is 0 Å². The molecule has 196 valence electrons. The molecule has 1 aromatic carbocycles. The maximum absolute atomic E-state index is 12.6. The Bertz CT molecular complexity index is 1360. The van der Waals surface area contributed by atoms with E-state index >= 15 is 0 Å². The first-order valence-corrected chi connectivity index (χ1v) is 13.3. The number of nitrogens with one attached hydrogen (secondary N) is 1. The summed E-state index contributed by atoms with van der Waals surface area (Å²) in [6, 6.07) is 6.33. The van der Waals surface area contributed by atoms with Crippen molar-refractivity contribution in [1.82, 2.24) is 19.3 Å². The number of aliphatic carboxylic acids is 1. The molecule has 2 aromatic heterocycles. The highest BCUT2D eigenvalue weighted by atomic mass is 16.5. The maximum atomic E-state index is 12.6. The van der Waals surface area contributed by atoms with E-state index in [1.54, 1.807) is 4.90 Å². The minimum absolute atomic E-state index is 0.0404. The van der Waals surface area contributed by atoms with Gasteiger partial charge in [0.05, 0.1) is 35.4 Å². The Hall–Kier alpha value is -3.56. The lowest BCUT2D eigenvalue weighted by Crippen LogP contribution is -2.42. The van der Waals surface area contributed by atoms with Crippen LogP contribution in [0.5, 0.6) is 0 Å². The zero-order chi connectivity index (χ0) is 25.8. The van der Waals surface area contributed by atoms with Crippen molar-refractivity contribution >= 4 is 40.5 Å². The van der Waals surface area contributed by atoms with E-state index in [1.165, 1.54) is 20.0 Å². The van der Waals surface area contributed by atoms with Gasteiger partial charge in [0.2, 0.25) is 5.95 Å². The van der Waals surface area contributed by atoms with Gasteiger partial charge >= 0.3 is 12.1 Å². The largest absolute Gasteiger partial charge is 0.481 e. The molecule has 37 heavy (non-hydrogen) atoms. The average molecular weight is 507 g/mol. The number of amides is 1. The van der Waals surface area contributed by atoms with Gasteiger partial charge in [0.1, 0.15) is 5.82 Å². The first-order valence-electron chi connectivity index (χ1n) is 13.3. The first kappa shape index (κ1) is 23.8. The van der Waals surface area contributed by atoms with E-state index in [-0.39, 0.29) is 24.1 Å². The molecule has 2 N–H and O–H groups in total. The summed E-state index contributed by atoms with van der Waals surface area (Å²) in [5, 5.41) is 17.8. The molecular weight excluding hydrogens is 472 g/mol. The number of aromatic nitrogens is 4. The summed E-state index contributed by atoms with van der Waals surface area (Å²) in [5.41, 5.74) is 4.88. The van der Waals surface area contributed by atoms with Crippen LogP contribution in [0.2, 0.25) is 0 Å². The fourth-order valence-electron chi connectivity index (χ4n) is 6.11. The molecule has 2 fully saturated rings. The molecule has 3 heterocycles. The van der Waals surface area contributed by atoms with Gasteiger partial charge < -0.3 is 19.7 Å². The summed E-state index contributed by atoms with van der Waals surface area (Å²) < 4.78 is 9.21. The Morgan fingerprint density at radius 3 is 2.54 bits per heavy atom. The normalized spacial score (nSPS) is 23.6. The number of nitrogens with zero attached hydrogens (tertiary/aromatic N) is 5. The minimum Gasteiger partial charge on any atom is -0.481 e. The van der Waals surface area contributed by atoms with Crippen LogP contribution in [0.15, 0.2) is 18.2 Å². The van der Waals surface area contributed by atoms with Crippen LogP contribution < -0.4 is 10.2 Å². The van der Waals surface area contributed by atoms with Gasteiger partial charge in [-0.05, 0) is 70.4 Å². The minimum atomic E-state index is -0.708. The van der Waals surface area contributed by atoms with Crippen LogP contribution in [0.4, 0.5) is 22.2 Å². The fraction of sp³-hybridized carbons (Fsp3) is 0.556. The van der Waals surface area contributed by atoms with Gasteiger partial charge in [-0.3, -0.25) is 14.4 Å². The van der Waals surface area contributed by atoms with Gasteiger partial charge in [-0.15, -0.1) is 0 Å². The van der Waals surface area contributed by atoms with E-state index in [9.17, 15) is 14.7 Å². The third kappa shape index (κ3) is 4.12. The van der Waals surface area contributed by atoms with E-state index in [4.69, 9.17) is 14.8 Å². The van der Waals surface area contributed by atoms with Gasteiger partial charge in [-0.25, -0.2) is 9.78 Å². The molecule has 0 bridgehead atoms. The van der Waals surface area contributed by atoms with Crippen LogP contribution in [-0.2, 0) is 23.0 Å². The number of carboxylic acids is 1. The lowest BCUT2D eigenvalue weighted by molar-refractivity contribution is -0.143. The third-order valence-corrected chi connectivity index (χ3v) is 8.37. The SMILES string of the molecule is COC(=O)N1c2ccc3c(nc(Nc4cc(C5CC5)nn4C)n3C3CCC(C(=O)O)CC3)c2CC[C@@H]1C. The van der Waals surface area contributed by atoms with E-state index in [2.05, 4.69) is 16.0 Å². The molecule has 10 nitrogen and oxygen atoms in total. The highest BCUT2D eigenvalue weighted by Gasteiger charge is 2.34. The number of methoxy groups -OCH3 is 1. The Balaban J connectivity index is 1.44. The molecular formula is C27H34N6O4. The zero-order valence-electron chi connectivity index (χ0n) is 21.6. The Morgan fingerprint density at radius 1 is 1.11 bits per heavy atom. The fourth-order valence-corrected chi connectivity index (χ4v) is 6.11. The number of carboxylic acid groups (broad SMARTS) is 1. The van der Waals surface area contributed by atoms with Crippen molar-refractivity contribution in [3.63, 3.8) is 0 Å². The Morgan fingerprint density at radius 2 is 1.86 bits per heavy atom. The number of aryl methyl sites for hydroxylation is 2. The molecule has 10 heteroatoms. The number of carbonyl (C=O) groups is 2. The van der Waals surface area contributed by atoms with E-state index in [1.807, 2.05) is 30.8 Å². The van der Waals surface area contributed by atoms with E-state index < -0.39 is 5.97 Å². The summed E-state index contributed by atoms with van der Waals surface area (Å²) in [4.78, 5) is 31.1. The summed E-state index contributed by atoms with van der Waals surface area (Å²) >= 11 is 0. The molecule has 6 rings (SSSR count). The second-order valence-corrected chi connectivity index (χ2v) is 10.8. The van der Waals surface area contributed by atoms with Gasteiger partial charge in [0.25, 0.3) is 0 Å². The predicted molar refractivity (Wildman–Crippen MR) is 139 cm³/mol. The zero-order valence-corrected chi connectivity index (χ0v) is 21.6. The van der Waals surface area contributed by atoms with Crippen LogP contribution in [0.1, 0.15) is 75.1 Å². The number of hydrogen-bond acceptors (Lipinski definition) is 6. The van der Waals surface area contributed by atoms with Crippen molar-refractivity contribution in [1.29, 1.82) is 0 Å². The average Bonchev–Trinajstić information content (AvgIpc) is 3.59. The van der Waals surface area contributed by atoms with E-state index in [0.717, 1.165) is 65.4 Å². The van der Waals surface area contributed by atoms with Crippen LogP contribution in [0.25, 0.3) is 11.0 Å². The molecule has 0 spiro atoms. The van der Waals surface area contributed by atoms with Gasteiger partial charge in [-0.2, -0.15) is 5.10 Å². The van der Waals surface area contributed by atoms with Crippen LogP contribution in [-0.4, -0.2) is 49.7 Å². The standard InChI is InChI=1S/C27H34N6O4/c1-15-4-11-19-21(32(15)27(36)37-3)12-13-22-24(19)29-26(28-23-14-20(16-5-6-16)30-31(23)2)33(22)18-9-7-17(8-10-18)25(34)35/h12-18H,4-11H2,1-3H3,(H,28,29)(H,34,35)/t15-,17?,18?/m0/s1. The van der Waals surface area contributed by atoms with Crippen molar-refractivity contribution in [2.24, 2.45) is 13.0 Å². The highest BCUT2D eigenvalue weighted by Crippen LogP contribution is 2.43. The van der Waals surface area contributed by atoms with E-state index in [0.29, 0.717) is 18.8 Å². The molecule has 3 aromatic rings. The predicted octanol–water partition coefficient (Wildman–Crippen LogP) is 5.11. The van der Waals surface area contributed by atoms with Gasteiger partial charge in [0.15, 0.2) is 0 Å². The highest BCUT2D eigenvalue weighted by molar-refractivity contribution is 5.96. The second-order valence-electron chi connectivity index (χ2n) is 10.8. The number of ether oxygens (including phenoxy) is 1. The summed E-state index contributed by atoms with van der Waals surface area (Å²) in [5.74, 6) is 1.17. The molecule has 0 radical (unpaired) electrons. The van der Waals surface area contributed by atoms with Gasteiger partial charge in [-0.1, -0.05) is 0 Å². The maximum Gasteiger partial charge on any atom is 0.414 e. The van der Waals surface area contributed by atoms with Crippen LogP contribution >= 0.6 is 0 Å². The lowest BCUT2D eigenvalue weighted by atomic mass is 9.86. The number of carbonyl (C=O) groups excluding carboxylic acids is 1. The number of benzene rings is 1. The number of fused-ring (bicyclic) bond motifs is 3. The summed E-state index contributed by atoms with van der Waals surface area (Å²) in [7, 11) is 3.35. The lowest BCUT2D eigenvalue weighted by Gasteiger charge is -2.34. The first-order chi connectivity index (χ1) is 17.9. The summed E-state index contributed by atoms with van der Waals surface area (Å²) in [6.45, 7) is 2.04. The second kappa shape index (κ2) is 9.08. The van der Waals surface area contributed by atoms with Crippen molar-refractivity contribution in [2.45, 2.75) is 76.3 Å². The number of rotatable bonds is 5. The van der Waals surface area contributed by atoms with Crippen molar-refractivity contribution < 1.29 is 19.4 Å². The smallest absolute Gasteiger partial charge is 0.414 e. The molecule has 1 aliphatic heterocycles. The number of imidazole rings is 1. The Labute approximate surface area is 215 Å². The number of hydrogen-bond donors (Lipinski definition) is 2. The van der Waals surface area contributed by atoms with Crippen molar-refractivity contribution in [3.05, 3.63) is 29.5 Å². The topological polar surface area (TPSA) is 115 Å². The third-order valence-electron chi connectivity index (χ3n) is 8.37. The molecule has 0 saturated heterocycles. The molecule has 0 unspecified atom stereocenters. The molecule has 3 aliphatic rings. The Kier molecular flexibility index (Phi) is 5.84. The molecule has 2 aliphatic carbocycles. The molecule has 1 atom stereocenters. The van der Waals surface area contributed by atoms with Gasteiger partial charge in [0, 0.05) is 36.7 Å². The quantitative estimate of drug-likeness (QED) is 0.494. The molecule has 1 amide bonds. The summed E-state index contributed by atoms with van der Waals surface area (Å²) in [6.07, 6.45) is 6.50. The number of anilines is 3. The monoisotopic (exact) mass is 506 g/mol. The molecule has 2 saturated carbocycles. The van der Waals surface area contributed by atoms with Crippen molar-refractivity contribution in [3.8, 4) is 0 Å².